The molecule has 0 unspecified atom stereocenters. The summed E-state index contributed by atoms with van der Waals surface area (Å²) in [6.45, 7) is 4.15. The van der Waals surface area contributed by atoms with Gasteiger partial charge in [-0.3, -0.25) is 0 Å². The second-order valence-corrected chi connectivity index (χ2v) is 3.65. The Morgan fingerprint density at radius 2 is 2.20 bits per heavy atom. The maximum Gasteiger partial charge on any atom is 0.0841 e. The first-order valence-electron chi connectivity index (χ1n) is 3.33. The molecule has 0 spiro atoms. The Bertz CT molecular complexity index is 137. The minimum Gasteiger partial charge on any atom is -0.396 e. The molecule has 0 aliphatic heterocycles. The fourth-order valence-electron chi connectivity index (χ4n) is 0.577. The van der Waals surface area contributed by atoms with Gasteiger partial charge in [0.15, 0.2) is 0 Å². The van der Waals surface area contributed by atoms with Crippen LogP contribution in [0.2, 0.25) is 0 Å². The van der Waals surface area contributed by atoms with Gasteiger partial charge in [-0.25, -0.2) is 4.21 Å². The van der Waals surface area contributed by atoms with Gasteiger partial charge in [-0.15, -0.1) is 0 Å². The molecule has 0 bridgehead atoms. The van der Waals surface area contributed by atoms with Crippen molar-refractivity contribution >= 4 is 16.6 Å². The Morgan fingerprint density at radius 3 is 2.60 bits per heavy atom. The van der Waals surface area contributed by atoms with Crippen LogP contribution < -0.4 is 0 Å². The van der Waals surface area contributed by atoms with Crippen LogP contribution in [-0.4, -0.2) is 21.3 Å². The molecule has 0 fully saturated rings. The van der Waals surface area contributed by atoms with E-state index in [0.717, 1.165) is 12.8 Å². The van der Waals surface area contributed by atoms with Gasteiger partial charge in [0, 0.05) is 12.0 Å². The van der Waals surface area contributed by atoms with Crippen molar-refractivity contribution in [3.05, 3.63) is 0 Å². The fraction of sp³-hybridized carbons (Fsp3) is 0.857. The Morgan fingerprint density at radius 1 is 1.60 bits per heavy atom. The number of aliphatic hydroxyl groups is 1. The van der Waals surface area contributed by atoms with Crippen molar-refractivity contribution in [3.63, 3.8) is 0 Å². The number of aliphatic hydroxyl groups excluding tert-OH is 1. The highest BCUT2D eigenvalue weighted by Crippen LogP contribution is 2.19. The van der Waals surface area contributed by atoms with E-state index in [1.165, 1.54) is 0 Å². The first kappa shape index (κ1) is 9.85. The van der Waals surface area contributed by atoms with E-state index in [0.29, 0.717) is 11.3 Å². The van der Waals surface area contributed by atoms with Gasteiger partial charge in [0.1, 0.15) is 0 Å². The van der Waals surface area contributed by atoms with Gasteiger partial charge in [-0.1, -0.05) is 13.8 Å². The first-order valence-corrected chi connectivity index (χ1v) is 4.14. The second-order valence-electron chi connectivity index (χ2n) is 3.12. The standard InChI is InChI=1S/C7H14O2S/c1-7(2,6-8)4-3-5-10-9/h5,8H,3-4,6H2,1-2H3. The number of hydrogen-bond donors (Lipinski definition) is 1. The lowest BCUT2D eigenvalue weighted by Gasteiger charge is -2.19. The van der Waals surface area contributed by atoms with Crippen LogP contribution in [0.5, 0.6) is 0 Å². The predicted molar refractivity (Wildman–Crippen MR) is 44.3 cm³/mol. The van der Waals surface area contributed by atoms with Crippen LogP contribution in [0.25, 0.3) is 0 Å². The van der Waals surface area contributed by atoms with Crippen molar-refractivity contribution in [2.24, 2.45) is 5.41 Å². The van der Waals surface area contributed by atoms with Crippen LogP contribution in [0.4, 0.5) is 0 Å². The third kappa shape index (κ3) is 4.70. The topological polar surface area (TPSA) is 37.3 Å². The average molecular weight is 162 g/mol. The highest BCUT2D eigenvalue weighted by atomic mass is 32.1. The van der Waals surface area contributed by atoms with Gasteiger partial charge in [0.25, 0.3) is 0 Å². The van der Waals surface area contributed by atoms with Crippen LogP contribution in [0.3, 0.4) is 0 Å². The van der Waals surface area contributed by atoms with E-state index in [1.807, 2.05) is 13.8 Å². The first-order chi connectivity index (χ1) is 4.62. The molecule has 0 saturated heterocycles. The largest absolute Gasteiger partial charge is 0.396 e. The summed E-state index contributed by atoms with van der Waals surface area (Å²) in [6, 6.07) is 0. The SMILES string of the molecule is CC(C)(CO)CCC=S=O. The van der Waals surface area contributed by atoms with Crippen LogP contribution in [-0.2, 0) is 11.3 Å². The Kier molecular flexibility index (Phi) is 4.56. The lowest BCUT2D eigenvalue weighted by molar-refractivity contribution is 0.153. The van der Waals surface area contributed by atoms with Gasteiger partial charge in [-0.2, -0.15) is 0 Å². The minimum atomic E-state index is -0.0355. The van der Waals surface area contributed by atoms with Crippen LogP contribution in [0.15, 0.2) is 0 Å². The van der Waals surface area contributed by atoms with E-state index in [2.05, 4.69) is 0 Å². The molecule has 0 aromatic rings. The molecule has 0 saturated carbocycles. The molecular weight excluding hydrogens is 148 g/mol. The lowest BCUT2D eigenvalue weighted by atomic mass is 9.89. The maximum absolute atomic E-state index is 9.90. The van der Waals surface area contributed by atoms with Gasteiger partial charge in [-0.05, 0) is 18.3 Å². The van der Waals surface area contributed by atoms with Crippen LogP contribution in [0.1, 0.15) is 26.7 Å². The van der Waals surface area contributed by atoms with E-state index in [4.69, 9.17) is 5.11 Å². The van der Waals surface area contributed by atoms with Crippen molar-refractivity contribution in [2.75, 3.05) is 6.61 Å². The molecule has 60 valence electrons. The monoisotopic (exact) mass is 162 g/mol. The highest BCUT2D eigenvalue weighted by molar-refractivity contribution is 7.64. The van der Waals surface area contributed by atoms with E-state index in [9.17, 15) is 4.21 Å². The van der Waals surface area contributed by atoms with Crippen LogP contribution in [0, 0.1) is 5.41 Å². The van der Waals surface area contributed by atoms with Crippen LogP contribution >= 0.6 is 0 Å². The summed E-state index contributed by atoms with van der Waals surface area (Å²) in [5, 5.41) is 10.4. The van der Waals surface area contributed by atoms with Crippen molar-refractivity contribution in [2.45, 2.75) is 26.7 Å². The molecule has 0 radical (unpaired) electrons. The molecule has 0 aromatic heterocycles. The molecular formula is C7H14O2S. The maximum atomic E-state index is 9.90. The van der Waals surface area contributed by atoms with Gasteiger partial charge < -0.3 is 5.11 Å². The quantitative estimate of drug-likeness (QED) is 0.621. The zero-order valence-electron chi connectivity index (χ0n) is 6.46. The number of hydrogen-bond acceptors (Lipinski definition) is 2. The third-order valence-electron chi connectivity index (χ3n) is 1.44. The minimum absolute atomic E-state index is 0.0355. The summed E-state index contributed by atoms with van der Waals surface area (Å²) in [5.41, 5.74) is -0.0355. The van der Waals surface area contributed by atoms with Crippen molar-refractivity contribution in [3.8, 4) is 0 Å². The Labute approximate surface area is 65.3 Å². The van der Waals surface area contributed by atoms with E-state index >= 15 is 0 Å². The summed E-state index contributed by atoms with van der Waals surface area (Å²) in [4.78, 5) is 0. The van der Waals surface area contributed by atoms with E-state index in [-0.39, 0.29) is 12.0 Å². The summed E-state index contributed by atoms with van der Waals surface area (Å²) in [7, 11) is 0. The molecule has 0 aliphatic rings. The van der Waals surface area contributed by atoms with Crippen molar-refractivity contribution in [1.82, 2.24) is 0 Å². The third-order valence-corrected chi connectivity index (χ3v) is 1.81. The molecule has 0 aliphatic carbocycles. The predicted octanol–water partition coefficient (Wildman–Crippen LogP) is 0.800. The molecule has 0 heterocycles. The van der Waals surface area contributed by atoms with E-state index < -0.39 is 0 Å². The second kappa shape index (κ2) is 4.63. The average Bonchev–Trinajstić information content (AvgIpc) is 1.89. The molecule has 0 aromatic carbocycles. The zero-order valence-corrected chi connectivity index (χ0v) is 7.28. The summed E-state index contributed by atoms with van der Waals surface area (Å²) in [6.07, 6.45) is 1.65. The lowest BCUT2D eigenvalue weighted by Crippen LogP contribution is -2.16. The van der Waals surface area contributed by atoms with Gasteiger partial charge in [0.2, 0.25) is 0 Å². The normalized spacial score (nSPS) is 11.1. The zero-order chi connectivity index (χ0) is 8.04. The molecule has 0 atom stereocenters. The fourth-order valence-corrected chi connectivity index (χ4v) is 0.791. The summed E-state index contributed by atoms with van der Waals surface area (Å²) in [5.74, 6) is 0. The molecule has 1 N–H and O–H groups in total. The molecule has 10 heavy (non-hydrogen) atoms. The van der Waals surface area contributed by atoms with Gasteiger partial charge >= 0.3 is 0 Å². The summed E-state index contributed by atoms with van der Waals surface area (Å²) >= 11 is 0.496. The van der Waals surface area contributed by atoms with Gasteiger partial charge in [0.05, 0.1) is 11.3 Å². The molecule has 3 heteroatoms. The Balaban J connectivity index is 3.56. The molecule has 0 rings (SSSR count). The van der Waals surface area contributed by atoms with Crippen molar-refractivity contribution in [1.29, 1.82) is 0 Å². The smallest absolute Gasteiger partial charge is 0.0841 e. The Hall–Kier alpha value is -0.150. The van der Waals surface area contributed by atoms with E-state index in [1.54, 1.807) is 5.37 Å². The highest BCUT2D eigenvalue weighted by Gasteiger charge is 2.14. The summed E-state index contributed by atoms with van der Waals surface area (Å²) < 4.78 is 9.90. The van der Waals surface area contributed by atoms with Crippen molar-refractivity contribution < 1.29 is 9.32 Å². The molecule has 2 nitrogen and oxygen atoms in total. The number of rotatable bonds is 4. The molecule has 0 amide bonds.